The fraction of sp³-hybridized carbons (Fsp3) is 0.632. The lowest BCUT2D eigenvalue weighted by atomic mass is 9.94. The Morgan fingerprint density at radius 1 is 1.25 bits per heavy atom. The maximum atomic E-state index is 12.3. The molecule has 0 bridgehead atoms. The van der Waals surface area contributed by atoms with Gasteiger partial charge in [-0.15, -0.1) is 0 Å². The minimum absolute atomic E-state index is 0.0132. The van der Waals surface area contributed by atoms with Crippen molar-refractivity contribution in [1.82, 2.24) is 10.2 Å². The molecule has 132 valence electrons. The first-order valence-electron chi connectivity index (χ1n) is 9.00. The third-order valence-electron chi connectivity index (χ3n) is 5.24. The number of rotatable bonds is 5. The van der Waals surface area contributed by atoms with Crippen molar-refractivity contribution in [2.75, 3.05) is 40.0 Å². The van der Waals surface area contributed by atoms with E-state index in [4.69, 9.17) is 9.47 Å². The fourth-order valence-electron chi connectivity index (χ4n) is 3.68. The molecule has 24 heavy (non-hydrogen) atoms. The number of amides is 1. The molecule has 0 spiro atoms. The van der Waals surface area contributed by atoms with Gasteiger partial charge in [0, 0.05) is 31.4 Å². The summed E-state index contributed by atoms with van der Waals surface area (Å²) in [6.45, 7) is 4.86. The van der Waals surface area contributed by atoms with Crippen LogP contribution in [0.25, 0.3) is 0 Å². The molecule has 2 heterocycles. The molecule has 5 heteroatoms. The van der Waals surface area contributed by atoms with Gasteiger partial charge in [-0.3, -0.25) is 4.79 Å². The summed E-state index contributed by atoms with van der Waals surface area (Å²) in [5.74, 6) is 1.28. The Bertz CT molecular complexity index is 535. The molecule has 0 aromatic heterocycles. The van der Waals surface area contributed by atoms with E-state index in [1.807, 2.05) is 18.2 Å². The van der Waals surface area contributed by atoms with Gasteiger partial charge in [0.2, 0.25) is 0 Å². The normalized spacial score (nSPS) is 20.7. The Hall–Kier alpha value is -1.59. The maximum absolute atomic E-state index is 12.3. The van der Waals surface area contributed by atoms with Gasteiger partial charge in [0.1, 0.15) is 5.75 Å². The molecule has 0 radical (unpaired) electrons. The van der Waals surface area contributed by atoms with E-state index < -0.39 is 0 Å². The predicted molar refractivity (Wildman–Crippen MR) is 93.5 cm³/mol. The van der Waals surface area contributed by atoms with Crippen LogP contribution in [0.1, 0.15) is 36.0 Å². The first-order valence-corrected chi connectivity index (χ1v) is 9.00. The van der Waals surface area contributed by atoms with E-state index in [0.29, 0.717) is 23.3 Å². The number of methoxy groups -OCH3 is 1. The summed E-state index contributed by atoms with van der Waals surface area (Å²) in [6, 6.07) is 8.00. The molecule has 0 unspecified atom stereocenters. The highest BCUT2D eigenvalue weighted by Gasteiger charge is 2.26. The maximum Gasteiger partial charge on any atom is 0.251 e. The Balaban J connectivity index is 1.42. The molecular formula is C19H28N2O3. The molecule has 2 saturated heterocycles. The summed E-state index contributed by atoms with van der Waals surface area (Å²) < 4.78 is 10.6. The number of benzene rings is 1. The van der Waals surface area contributed by atoms with Crippen molar-refractivity contribution in [1.29, 1.82) is 0 Å². The third-order valence-corrected chi connectivity index (χ3v) is 5.24. The minimum Gasteiger partial charge on any atom is -0.497 e. The lowest BCUT2D eigenvalue weighted by Crippen LogP contribution is -2.45. The highest BCUT2D eigenvalue weighted by Crippen LogP contribution is 2.23. The van der Waals surface area contributed by atoms with E-state index in [1.54, 1.807) is 13.2 Å². The second kappa shape index (κ2) is 8.49. The minimum atomic E-state index is -0.0132. The Morgan fingerprint density at radius 3 is 2.71 bits per heavy atom. The Morgan fingerprint density at radius 2 is 2.00 bits per heavy atom. The molecule has 3 rings (SSSR count). The fourth-order valence-corrected chi connectivity index (χ4v) is 3.68. The van der Waals surface area contributed by atoms with Gasteiger partial charge in [0.05, 0.1) is 7.11 Å². The number of hydrogen-bond donors (Lipinski definition) is 1. The van der Waals surface area contributed by atoms with Crippen LogP contribution in [0.3, 0.4) is 0 Å². The third kappa shape index (κ3) is 4.48. The molecule has 0 atom stereocenters. The van der Waals surface area contributed by atoms with Crippen LogP contribution in [0.15, 0.2) is 24.3 Å². The van der Waals surface area contributed by atoms with E-state index in [9.17, 15) is 4.79 Å². The molecule has 0 aliphatic carbocycles. The zero-order valence-corrected chi connectivity index (χ0v) is 14.5. The zero-order valence-electron chi connectivity index (χ0n) is 14.5. The summed E-state index contributed by atoms with van der Waals surface area (Å²) in [5.41, 5.74) is 0.661. The quantitative estimate of drug-likeness (QED) is 0.899. The summed E-state index contributed by atoms with van der Waals surface area (Å²) in [6.07, 6.45) is 4.65. The second-order valence-corrected chi connectivity index (χ2v) is 6.76. The molecular weight excluding hydrogens is 304 g/mol. The van der Waals surface area contributed by atoms with Gasteiger partial charge in [-0.25, -0.2) is 0 Å². The molecule has 1 N–H and O–H groups in total. The summed E-state index contributed by atoms with van der Waals surface area (Å²) in [7, 11) is 1.61. The molecule has 2 fully saturated rings. The van der Waals surface area contributed by atoms with E-state index >= 15 is 0 Å². The smallest absolute Gasteiger partial charge is 0.251 e. The van der Waals surface area contributed by atoms with Gasteiger partial charge in [-0.2, -0.15) is 0 Å². The van der Waals surface area contributed by atoms with E-state index in [1.165, 1.54) is 0 Å². The van der Waals surface area contributed by atoms with Crippen LogP contribution in [-0.2, 0) is 4.74 Å². The molecule has 0 saturated carbocycles. The Kier molecular flexibility index (Phi) is 6.10. The number of nitrogens with one attached hydrogen (secondary N) is 1. The summed E-state index contributed by atoms with van der Waals surface area (Å²) in [4.78, 5) is 14.9. The lowest BCUT2D eigenvalue weighted by molar-refractivity contribution is 0.0211. The molecule has 1 amide bonds. The highest BCUT2D eigenvalue weighted by atomic mass is 16.5. The van der Waals surface area contributed by atoms with E-state index in [-0.39, 0.29) is 5.91 Å². The van der Waals surface area contributed by atoms with Crippen LogP contribution in [0.4, 0.5) is 0 Å². The molecule has 2 aliphatic rings. The summed E-state index contributed by atoms with van der Waals surface area (Å²) in [5, 5.41) is 3.08. The van der Waals surface area contributed by atoms with Crippen molar-refractivity contribution in [3.05, 3.63) is 29.8 Å². The average molecular weight is 332 g/mol. The van der Waals surface area contributed by atoms with Crippen LogP contribution < -0.4 is 10.1 Å². The number of hydrogen-bond acceptors (Lipinski definition) is 4. The summed E-state index contributed by atoms with van der Waals surface area (Å²) >= 11 is 0. The van der Waals surface area contributed by atoms with Crippen LogP contribution in [0.2, 0.25) is 0 Å². The van der Waals surface area contributed by atoms with Gasteiger partial charge in [-0.1, -0.05) is 6.07 Å². The SMILES string of the molecule is COc1cccc(C(=O)NCC2CCN(C3CCOCC3)CC2)c1. The monoisotopic (exact) mass is 332 g/mol. The standard InChI is InChI=1S/C19H28N2O3/c1-23-18-4-2-3-16(13-18)19(22)20-14-15-5-9-21(10-6-15)17-7-11-24-12-8-17/h2-4,13,15,17H,5-12,14H2,1H3,(H,20,22). The van der Waals surface area contributed by atoms with Crippen LogP contribution >= 0.6 is 0 Å². The number of likely N-dealkylation sites (tertiary alicyclic amines) is 1. The topological polar surface area (TPSA) is 50.8 Å². The first-order chi connectivity index (χ1) is 11.8. The van der Waals surface area contributed by atoms with Crippen LogP contribution in [0, 0.1) is 5.92 Å². The molecule has 1 aromatic carbocycles. The van der Waals surface area contributed by atoms with Crippen molar-refractivity contribution in [3.8, 4) is 5.75 Å². The predicted octanol–water partition coefficient (Wildman–Crippen LogP) is 2.32. The number of carbonyl (C=O) groups is 1. The van der Waals surface area contributed by atoms with Gasteiger partial charge in [-0.05, 0) is 62.9 Å². The largest absolute Gasteiger partial charge is 0.497 e. The van der Waals surface area contributed by atoms with Crippen molar-refractivity contribution >= 4 is 5.91 Å². The average Bonchev–Trinajstić information content (AvgIpc) is 2.67. The highest BCUT2D eigenvalue weighted by molar-refractivity contribution is 5.94. The second-order valence-electron chi connectivity index (χ2n) is 6.76. The number of nitrogens with zero attached hydrogens (tertiary/aromatic N) is 1. The molecule has 2 aliphatic heterocycles. The Labute approximate surface area is 144 Å². The van der Waals surface area contributed by atoms with E-state index in [0.717, 1.165) is 58.5 Å². The molecule has 1 aromatic rings. The van der Waals surface area contributed by atoms with Crippen molar-refractivity contribution in [3.63, 3.8) is 0 Å². The van der Waals surface area contributed by atoms with Gasteiger partial charge in [0.15, 0.2) is 0 Å². The number of piperidine rings is 1. The molecule has 5 nitrogen and oxygen atoms in total. The van der Waals surface area contributed by atoms with Gasteiger partial charge >= 0.3 is 0 Å². The number of ether oxygens (including phenoxy) is 2. The van der Waals surface area contributed by atoms with Gasteiger partial charge in [0.25, 0.3) is 5.91 Å². The van der Waals surface area contributed by atoms with Crippen LogP contribution in [0.5, 0.6) is 5.75 Å². The van der Waals surface area contributed by atoms with Gasteiger partial charge < -0.3 is 19.7 Å². The number of carbonyl (C=O) groups excluding carboxylic acids is 1. The van der Waals surface area contributed by atoms with E-state index in [2.05, 4.69) is 10.2 Å². The first kappa shape index (κ1) is 17.2. The zero-order chi connectivity index (χ0) is 16.8. The van der Waals surface area contributed by atoms with Crippen molar-refractivity contribution in [2.45, 2.75) is 31.7 Å². The van der Waals surface area contributed by atoms with Crippen molar-refractivity contribution < 1.29 is 14.3 Å². The van der Waals surface area contributed by atoms with Crippen molar-refractivity contribution in [2.24, 2.45) is 5.92 Å². The lowest BCUT2D eigenvalue weighted by Gasteiger charge is -2.39. The van der Waals surface area contributed by atoms with Crippen LogP contribution in [-0.4, -0.2) is 56.8 Å².